The topological polar surface area (TPSA) is 101 Å². The molecular formula is C19H27ClN6O2. The van der Waals surface area contributed by atoms with Gasteiger partial charge in [-0.3, -0.25) is 14.9 Å². The first-order valence-corrected chi connectivity index (χ1v) is 9.28. The highest BCUT2D eigenvalue weighted by atomic mass is 35.5. The van der Waals surface area contributed by atoms with Gasteiger partial charge in [0.1, 0.15) is 0 Å². The number of nitrogens with zero attached hydrogens (tertiary/aromatic N) is 3. The molecule has 1 aliphatic heterocycles. The van der Waals surface area contributed by atoms with Crippen LogP contribution >= 0.6 is 12.4 Å². The molecule has 0 bridgehead atoms. The Bertz CT molecular complexity index is 812. The number of carbonyl (C=O) groups is 2. The van der Waals surface area contributed by atoms with Crippen LogP contribution in [0.5, 0.6) is 0 Å². The van der Waals surface area contributed by atoms with Crippen molar-refractivity contribution in [2.45, 2.75) is 32.6 Å². The lowest BCUT2D eigenvalue weighted by Crippen LogP contribution is -2.27. The van der Waals surface area contributed by atoms with E-state index < -0.39 is 0 Å². The average molecular weight is 407 g/mol. The molecule has 1 saturated heterocycles. The summed E-state index contributed by atoms with van der Waals surface area (Å²) < 4.78 is 1.60. The van der Waals surface area contributed by atoms with Crippen molar-refractivity contribution in [2.24, 2.45) is 13.0 Å². The number of amides is 2. The minimum absolute atomic E-state index is 0. The summed E-state index contributed by atoms with van der Waals surface area (Å²) in [4.78, 5) is 28.7. The SMILES string of the molecule is CC(C)C(=O)Nc1ccc(C(=O)Nc2nc(C3CCNCC3)nn2C)cc1.Cl. The van der Waals surface area contributed by atoms with Crippen molar-refractivity contribution in [1.82, 2.24) is 20.1 Å². The summed E-state index contributed by atoms with van der Waals surface area (Å²) in [5.74, 6) is 1.12. The molecule has 1 aliphatic rings. The van der Waals surface area contributed by atoms with Gasteiger partial charge >= 0.3 is 0 Å². The van der Waals surface area contributed by atoms with Gasteiger partial charge in [-0.2, -0.15) is 10.1 Å². The number of anilines is 2. The maximum absolute atomic E-state index is 12.5. The van der Waals surface area contributed by atoms with Gasteiger partial charge in [-0.25, -0.2) is 4.68 Å². The number of benzene rings is 1. The van der Waals surface area contributed by atoms with Gasteiger partial charge in [0, 0.05) is 30.1 Å². The molecule has 0 spiro atoms. The fourth-order valence-electron chi connectivity index (χ4n) is 2.93. The quantitative estimate of drug-likeness (QED) is 0.708. The fraction of sp³-hybridized carbons (Fsp3) is 0.474. The van der Waals surface area contributed by atoms with Crippen LogP contribution in [-0.2, 0) is 11.8 Å². The van der Waals surface area contributed by atoms with E-state index >= 15 is 0 Å². The summed E-state index contributed by atoms with van der Waals surface area (Å²) in [6, 6.07) is 6.78. The summed E-state index contributed by atoms with van der Waals surface area (Å²) in [5, 5.41) is 13.4. The molecule has 0 radical (unpaired) electrons. The highest BCUT2D eigenvalue weighted by Crippen LogP contribution is 2.23. The Hall–Kier alpha value is -2.45. The van der Waals surface area contributed by atoms with Crippen molar-refractivity contribution in [3.05, 3.63) is 35.7 Å². The number of hydrogen-bond acceptors (Lipinski definition) is 5. The molecule has 3 N–H and O–H groups in total. The van der Waals surface area contributed by atoms with Crippen LogP contribution in [0.25, 0.3) is 0 Å². The largest absolute Gasteiger partial charge is 0.326 e. The summed E-state index contributed by atoms with van der Waals surface area (Å²) in [5.41, 5.74) is 1.15. The molecule has 1 aromatic heterocycles. The highest BCUT2D eigenvalue weighted by molar-refractivity contribution is 6.03. The summed E-state index contributed by atoms with van der Waals surface area (Å²) in [6.45, 7) is 5.58. The Balaban J connectivity index is 0.00000280. The smallest absolute Gasteiger partial charge is 0.258 e. The van der Waals surface area contributed by atoms with Crippen LogP contribution in [0.3, 0.4) is 0 Å². The second-order valence-corrected chi connectivity index (χ2v) is 7.12. The van der Waals surface area contributed by atoms with Crippen molar-refractivity contribution in [2.75, 3.05) is 23.7 Å². The fourth-order valence-corrected chi connectivity index (χ4v) is 2.93. The van der Waals surface area contributed by atoms with E-state index in [2.05, 4.69) is 26.0 Å². The van der Waals surface area contributed by atoms with Gasteiger partial charge in [0.05, 0.1) is 0 Å². The number of piperidine rings is 1. The van der Waals surface area contributed by atoms with Crippen LogP contribution in [-0.4, -0.2) is 39.7 Å². The zero-order valence-electron chi connectivity index (χ0n) is 16.4. The van der Waals surface area contributed by atoms with E-state index in [1.165, 1.54) is 0 Å². The first-order valence-electron chi connectivity index (χ1n) is 9.28. The Morgan fingerprint density at radius 2 is 1.79 bits per heavy atom. The van der Waals surface area contributed by atoms with Crippen molar-refractivity contribution < 1.29 is 9.59 Å². The first kappa shape index (κ1) is 21.8. The van der Waals surface area contributed by atoms with E-state index in [1.807, 2.05) is 13.8 Å². The van der Waals surface area contributed by atoms with E-state index in [-0.39, 0.29) is 30.1 Å². The number of nitrogens with one attached hydrogen (secondary N) is 3. The number of halogens is 1. The second kappa shape index (κ2) is 9.66. The molecule has 9 heteroatoms. The van der Waals surface area contributed by atoms with Gasteiger partial charge in [-0.1, -0.05) is 13.8 Å². The molecule has 2 aromatic rings. The molecule has 2 amide bonds. The third-order valence-electron chi connectivity index (χ3n) is 4.65. The molecule has 2 heterocycles. The van der Waals surface area contributed by atoms with Crippen molar-refractivity contribution in [3.63, 3.8) is 0 Å². The molecule has 152 valence electrons. The zero-order valence-corrected chi connectivity index (χ0v) is 17.2. The van der Waals surface area contributed by atoms with Crippen LogP contribution in [0.4, 0.5) is 11.6 Å². The van der Waals surface area contributed by atoms with Crippen molar-refractivity contribution in [1.29, 1.82) is 0 Å². The van der Waals surface area contributed by atoms with Gasteiger partial charge in [0.25, 0.3) is 5.91 Å². The van der Waals surface area contributed by atoms with E-state index in [1.54, 1.807) is 36.0 Å². The molecule has 3 rings (SSSR count). The highest BCUT2D eigenvalue weighted by Gasteiger charge is 2.21. The number of aromatic nitrogens is 3. The molecule has 0 aliphatic carbocycles. The van der Waals surface area contributed by atoms with Gasteiger partial charge in [-0.15, -0.1) is 12.4 Å². The molecular weight excluding hydrogens is 380 g/mol. The predicted octanol–water partition coefficient (Wildman–Crippen LogP) is 2.55. The van der Waals surface area contributed by atoms with Gasteiger partial charge in [0.2, 0.25) is 11.9 Å². The van der Waals surface area contributed by atoms with Crippen LogP contribution in [0, 0.1) is 5.92 Å². The van der Waals surface area contributed by atoms with Crippen LogP contribution in [0.1, 0.15) is 48.8 Å². The maximum atomic E-state index is 12.5. The molecule has 0 unspecified atom stereocenters. The van der Waals surface area contributed by atoms with E-state index in [0.29, 0.717) is 23.1 Å². The molecule has 0 atom stereocenters. The third kappa shape index (κ3) is 5.30. The molecule has 8 nitrogen and oxygen atoms in total. The molecule has 1 aromatic carbocycles. The number of rotatable bonds is 5. The van der Waals surface area contributed by atoms with E-state index in [4.69, 9.17) is 0 Å². The Morgan fingerprint density at radius 3 is 2.39 bits per heavy atom. The molecule has 0 saturated carbocycles. The predicted molar refractivity (Wildman–Crippen MR) is 111 cm³/mol. The molecule has 1 fully saturated rings. The Morgan fingerprint density at radius 1 is 1.14 bits per heavy atom. The number of hydrogen-bond donors (Lipinski definition) is 3. The lowest BCUT2D eigenvalue weighted by molar-refractivity contribution is -0.118. The number of carbonyl (C=O) groups excluding carboxylic acids is 2. The second-order valence-electron chi connectivity index (χ2n) is 7.12. The van der Waals surface area contributed by atoms with Gasteiger partial charge in [0.15, 0.2) is 5.82 Å². The summed E-state index contributed by atoms with van der Waals surface area (Å²) in [7, 11) is 1.78. The van der Waals surface area contributed by atoms with Gasteiger partial charge in [-0.05, 0) is 50.2 Å². The third-order valence-corrected chi connectivity index (χ3v) is 4.65. The van der Waals surface area contributed by atoms with E-state index in [0.717, 1.165) is 31.8 Å². The minimum atomic E-state index is -0.260. The maximum Gasteiger partial charge on any atom is 0.258 e. The lowest BCUT2D eigenvalue weighted by atomic mass is 9.98. The first-order chi connectivity index (χ1) is 12.9. The monoisotopic (exact) mass is 406 g/mol. The van der Waals surface area contributed by atoms with Gasteiger partial charge < -0.3 is 10.6 Å². The zero-order chi connectivity index (χ0) is 19.4. The van der Waals surface area contributed by atoms with Crippen LogP contribution in [0.15, 0.2) is 24.3 Å². The lowest BCUT2D eigenvalue weighted by Gasteiger charge is -2.19. The molecule has 28 heavy (non-hydrogen) atoms. The minimum Gasteiger partial charge on any atom is -0.326 e. The average Bonchev–Trinajstić information content (AvgIpc) is 3.03. The standard InChI is InChI=1S/C19H26N6O2.ClH/c1-12(2)17(26)21-15-6-4-14(5-7-15)18(27)23-19-22-16(24-25(19)3)13-8-10-20-11-9-13;/h4-7,12-13,20H,8-11H2,1-3H3,(H,21,26)(H,22,23,24,27);1H. The van der Waals surface area contributed by atoms with Crippen LogP contribution < -0.4 is 16.0 Å². The van der Waals surface area contributed by atoms with E-state index in [9.17, 15) is 9.59 Å². The normalized spacial score (nSPS) is 14.4. The van der Waals surface area contributed by atoms with Crippen molar-refractivity contribution in [3.8, 4) is 0 Å². The van der Waals surface area contributed by atoms with Crippen molar-refractivity contribution >= 4 is 35.9 Å². The Labute approximate surface area is 170 Å². The summed E-state index contributed by atoms with van der Waals surface area (Å²) >= 11 is 0. The summed E-state index contributed by atoms with van der Waals surface area (Å²) in [6.07, 6.45) is 2.00. The number of aryl methyl sites for hydroxylation is 1. The van der Waals surface area contributed by atoms with Crippen LogP contribution in [0.2, 0.25) is 0 Å². The Kier molecular flexibility index (Phi) is 7.53.